The molecule has 1 amide bonds. The number of carbonyl (C=O) groups is 3. The minimum atomic E-state index is -2.99. The summed E-state index contributed by atoms with van der Waals surface area (Å²) in [6.07, 6.45) is 0.564. The van der Waals surface area contributed by atoms with E-state index in [1.807, 2.05) is 51.7 Å². The van der Waals surface area contributed by atoms with Gasteiger partial charge in [-0.3, -0.25) is 14.5 Å². The Morgan fingerprint density at radius 3 is 1.87 bits per heavy atom. The Hall–Kier alpha value is -3.50. The van der Waals surface area contributed by atoms with Crippen LogP contribution in [0.2, 0.25) is 0 Å². The normalized spacial score (nSPS) is 32.3. The van der Waals surface area contributed by atoms with Gasteiger partial charge in [0.15, 0.2) is 6.29 Å². The summed E-state index contributed by atoms with van der Waals surface area (Å²) in [6.45, 7) is 14.6. The van der Waals surface area contributed by atoms with E-state index in [2.05, 4.69) is 112 Å². The number of halogens is 1. The molecule has 420 valence electrons. The monoisotopic (exact) mass is 1130 g/mol. The van der Waals surface area contributed by atoms with Crippen molar-refractivity contribution in [3.05, 3.63) is 91.0 Å². The molecule has 14 atom stereocenters. The molecule has 3 aromatic carbocycles. The van der Waals surface area contributed by atoms with E-state index in [1.54, 1.807) is 20.8 Å². The first-order valence-corrected chi connectivity index (χ1v) is 31.9. The van der Waals surface area contributed by atoms with Crippen LogP contribution in [-0.2, 0) is 28.5 Å². The van der Waals surface area contributed by atoms with Crippen LogP contribution in [0.15, 0.2) is 91.0 Å². The zero-order valence-corrected chi connectivity index (χ0v) is 49.1. The molecule has 0 unspecified atom stereocenters. The third kappa shape index (κ3) is 15.2. The van der Waals surface area contributed by atoms with Crippen LogP contribution in [-0.4, -0.2) is 149 Å². The number of aliphatic carboxylic acids is 1. The van der Waals surface area contributed by atoms with E-state index in [-0.39, 0.29) is 37.3 Å². The molecule has 2 fully saturated rings. The molecule has 0 saturated carbocycles. The van der Waals surface area contributed by atoms with Crippen molar-refractivity contribution in [3.8, 4) is 0 Å². The third-order valence-corrected chi connectivity index (χ3v) is 26.4. The number of hydrogen-bond donors (Lipinski definition) is 5. The number of hydrogen-bond acceptors (Lipinski definition) is 12. The molecule has 2 aliphatic rings. The van der Waals surface area contributed by atoms with E-state index in [0.29, 0.717) is 19.5 Å². The first-order valence-electron chi connectivity index (χ1n) is 27.4. The van der Waals surface area contributed by atoms with Gasteiger partial charge in [-0.2, -0.15) is 0 Å². The van der Waals surface area contributed by atoms with Gasteiger partial charge < -0.3 is 39.5 Å². The number of carboxylic acid groups (broad SMARTS) is 1. The summed E-state index contributed by atoms with van der Waals surface area (Å²) in [5.74, 6) is -4.65. The van der Waals surface area contributed by atoms with E-state index in [1.165, 1.54) is 29.8 Å². The van der Waals surface area contributed by atoms with Gasteiger partial charge in [-0.25, -0.2) is 0 Å². The minimum absolute atomic E-state index is 0.168. The van der Waals surface area contributed by atoms with Crippen LogP contribution in [0.5, 0.6) is 0 Å². The number of nitrogens with one attached hydrogen (secondary N) is 1. The van der Waals surface area contributed by atoms with E-state index < -0.39 is 89.0 Å². The SMILES string of the molecule is CC[C@H]1OC(=O)[C@H](C)[C@@H](O)[C@H](C)[C@@H](O[C@@H]2O[C@H](C)C[C@H](N(C)C)[C@H]2CC(=O)O)[C@](C)(O)C[C@@H](C)CN(C)[C@H](C)[C@@H](OC(=O)NCCCCCCCCP(Br)(c2ccccc2)(c2ccccc2)c2ccccc2)[C@]1(C)O. The van der Waals surface area contributed by atoms with Crippen LogP contribution in [0, 0.1) is 23.7 Å². The van der Waals surface area contributed by atoms with E-state index in [4.69, 9.17) is 18.9 Å². The molecule has 14 nitrogen and oxygen atoms in total. The molecule has 0 bridgehead atoms. The van der Waals surface area contributed by atoms with Crippen molar-refractivity contribution in [2.24, 2.45) is 23.7 Å². The Labute approximate surface area is 456 Å². The van der Waals surface area contributed by atoms with Crippen molar-refractivity contribution in [1.29, 1.82) is 0 Å². The number of ether oxygens (including phenoxy) is 4. The van der Waals surface area contributed by atoms with Crippen molar-refractivity contribution in [3.63, 3.8) is 0 Å². The summed E-state index contributed by atoms with van der Waals surface area (Å²) < 4.78 is 25.2. The van der Waals surface area contributed by atoms with E-state index in [0.717, 1.165) is 44.7 Å². The molecule has 2 heterocycles. The van der Waals surface area contributed by atoms with Gasteiger partial charge in [-0.05, 0) is 80.9 Å². The maximum absolute atomic E-state index is 14.1. The fourth-order valence-corrected chi connectivity index (χ4v) is 19.9. The summed E-state index contributed by atoms with van der Waals surface area (Å²) in [4.78, 5) is 43.9. The van der Waals surface area contributed by atoms with Crippen LogP contribution in [0.3, 0.4) is 0 Å². The maximum atomic E-state index is 14.1. The number of amides is 1. The van der Waals surface area contributed by atoms with Gasteiger partial charge in [0, 0.05) is 30.5 Å². The van der Waals surface area contributed by atoms with Gasteiger partial charge >= 0.3 is 218 Å². The van der Waals surface area contributed by atoms with Gasteiger partial charge in [0.05, 0.1) is 36.3 Å². The molecule has 0 radical (unpaired) electrons. The van der Waals surface area contributed by atoms with Crippen LogP contribution >= 0.6 is 20.8 Å². The van der Waals surface area contributed by atoms with Gasteiger partial charge in [-0.1, -0.05) is 20.8 Å². The minimum Gasteiger partial charge on any atom is -0.382 e. The number of rotatable bonds is 19. The van der Waals surface area contributed by atoms with Crippen LogP contribution in [0.25, 0.3) is 0 Å². The molecule has 0 aliphatic carbocycles. The Morgan fingerprint density at radius 2 is 1.36 bits per heavy atom. The molecule has 0 aromatic heterocycles. The van der Waals surface area contributed by atoms with Crippen LogP contribution < -0.4 is 21.2 Å². The van der Waals surface area contributed by atoms with Gasteiger partial charge in [0.25, 0.3) is 0 Å². The first-order chi connectivity index (χ1) is 35.4. The van der Waals surface area contributed by atoms with Gasteiger partial charge in [-0.15, -0.1) is 0 Å². The van der Waals surface area contributed by atoms with Crippen molar-refractivity contribution in [2.45, 2.75) is 180 Å². The van der Waals surface area contributed by atoms with E-state index in [9.17, 15) is 34.8 Å². The number of nitrogens with zero attached hydrogens (tertiary/aromatic N) is 2. The van der Waals surface area contributed by atoms with Crippen LogP contribution in [0.1, 0.15) is 120 Å². The summed E-state index contributed by atoms with van der Waals surface area (Å²) in [6, 6.07) is 31.7. The van der Waals surface area contributed by atoms with Crippen molar-refractivity contribution >= 4 is 54.7 Å². The summed E-state index contributed by atoms with van der Waals surface area (Å²) in [7, 11) is 5.63. The van der Waals surface area contributed by atoms with Crippen molar-refractivity contribution in [2.75, 3.05) is 40.4 Å². The third-order valence-electron chi connectivity index (χ3n) is 16.4. The fraction of sp³-hybridized carbons (Fsp3) is 0.644. The number of esters is 1. The number of aliphatic hydroxyl groups excluding tert-OH is 1. The number of unbranched alkanes of at least 4 members (excludes halogenated alkanes) is 5. The second-order valence-corrected chi connectivity index (χ2v) is 31.8. The molecular formula is C59H91BrN3O11P. The molecule has 16 heteroatoms. The molecule has 5 rings (SSSR count). The Morgan fingerprint density at radius 1 is 0.840 bits per heavy atom. The quantitative estimate of drug-likeness (QED) is 0.0437. The van der Waals surface area contributed by atoms with Gasteiger partial charge in [0.1, 0.15) is 11.7 Å². The Kier molecular flexibility index (Phi) is 22.8. The summed E-state index contributed by atoms with van der Waals surface area (Å²) in [5.41, 5.74) is -3.50. The second kappa shape index (κ2) is 27.4. The average molecular weight is 1130 g/mol. The maximum Gasteiger partial charge on any atom is 0.137 e. The average Bonchev–Trinajstić information content (AvgIpc) is 3.37. The summed E-state index contributed by atoms with van der Waals surface area (Å²) >= 11 is 4.56. The topological polar surface area (TPSA) is 188 Å². The number of likely N-dealkylation sites (N-methyl/N-ethyl adjacent to an activating group) is 1. The zero-order chi connectivity index (χ0) is 55.3. The zero-order valence-electron chi connectivity index (χ0n) is 46.6. The predicted molar refractivity (Wildman–Crippen MR) is 304 cm³/mol. The number of cyclic esters (lactones) is 1. The smallest absolute Gasteiger partial charge is 0.137 e. The van der Waals surface area contributed by atoms with Gasteiger partial charge in [0.2, 0.25) is 0 Å². The first kappa shape index (κ1) is 62.3. The Bertz CT molecular complexity index is 2140. The standard InChI is InChI=1S/C59H91BrN3O11P/c1-12-50-59(8,70)54(74-57(68)61-34-26-15-13-14-16-27-35-75(60,45-28-20-17-21-29-45,46-30-22-18-23-31-46)47-32-24-19-25-33-47)44(6)63(11)39-40(2)38-58(7,69)53(42(4)52(66)43(5)55(67)72-50)73-56-48(37-51(64)65)49(62(9)10)36-41(3)71-56/h17-25,28-33,40-44,48-50,52-54,56,66,69-70H,12-16,26-27,34-39H2,1-11H3,(H,61,68)(H,64,65)/t40-,41-,42+,43-,44-,48-,49+,50-,52+,53-,54-,56+,58-,59-/m1/s1. The predicted octanol–water partition coefficient (Wildman–Crippen LogP) is 8.62. The largest absolute Gasteiger partial charge is 0.382 e. The Balaban J connectivity index is 1.25. The molecule has 75 heavy (non-hydrogen) atoms. The number of alkyl carbamates (subject to hydrolysis) is 1. The molecule has 0 spiro atoms. The van der Waals surface area contributed by atoms with E-state index >= 15 is 0 Å². The molecule has 2 aliphatic heterocycles. The number of benzene rings is 3. The van der Waals surface area contributed by atoms with Crippen LogP contribution in [0.4, 0.5) is 4.79 Å². The second-order valence-electron chi connectivity index (χ2n) is 22.7. The summed E-state index contributed by atoms with van der Waals surface area (Å²) in [5, 5.41) is 50.8. The number of aliphatic hydroxyl groups is 3. The fourth-order valence-electron chi connectivity index (χ4n) is 12.2. The molecule has 3 aromatic rings. The number of carboxylic acids is 1. The number of carbonyl (C=O) groups excluding carboxylic acids is 2. The molecule has 5 N–H and O–H groups in total. The van der Waals surface area contributed by atoms with Crippen molar-refractivity contribution < 1.29 is 53.8 Å². The molecular weight excluding hydrogens is 1040 g/mol. The molecule has 2 saturated heterocycles. The van der Waals surface area contributed by atoms with Crippen molar-refractivity contribution in [1.82, 2.24) is 15.1 Å².